The highest BCUT2D eigenvalue weighted by Crippen LogP contribution is 2.17. The Morgan fingerprint density at radius 1 is 1.29 bits per heavy atom. The molecule has 1 aromatic rings. The van der Waals surface area contributed by atoms with Crippen LogP contribution in [0.4, 0.5) is 10.5 Å². The molecule has 0 saturated carbocycles. The molecule has 0 bridgehead atoms. The number of anilines is 1. The number of rotatable bonds is 7. The van der Waals surface area contributed by atoms with E-state index in [1.165, 1.54) is 6.92 Å². The Kier molecular flexibility index (Phi) is 8.96. The van der Waals surface area contributed by atoms with Crippen molar-refractivity contribution < 1.29 is 19.1 Å². The van der Waals surface area contributed by atoms with Crippen LogP contribution in [0.2, 0.25) is 0 Å². The lowest BCUT2D eigenvalue weighted by Crippen LogP contribution is -2.44. The summed E-state index contributed by atoms with van der Waals surface area (Å²) in [4.78, 5) is 30.0. The molecule has 0 spiro atoms. The lowest BCUT2D eigenvalue weighted by molar-refractivity contribution is -0.114. The number of benzene rings is 1. The average Bonchev–Trinajstić information content (AvgIpc) is 3.10. The van der Waals surface area contributed by atoms with Crippen LogP contribution in [-0.4, -0.2) is 67.3 Å². The Morgan fingerprint density at radius 2 is 2.06 bits per heavy atom. The van der Waals surface area contributed by atoms with E-state index >= 15 is 0 Å². The number of aliphatic imine (C=N–C) groups is 1. The maximum Gasteiger partial charge on any atom is 0.407 e. The Morgan fingerprint density at radius 3 is 2.74 bits per heavy atom. The molecule has 1 fully saturated rings. The largest absolute Gasteiger partial charge is 0.492 e. The van der Waals surface area contributed by atoms with Crippen molar-refractivity contribution in [3.05, 3.63) is 24.3 Å². The molecular weight excluding hydrogens is 398 g/mol. The normalized spacial score (nSPS) is 16.6. The quantitative estimate of drug-likeness (QED) is 0.347. The molecule has 1 aromatic carbocycles. The Labute approximate surface area is 184 Å². The Hall–Kier alpha value is -2.97. The number of carbonyl (C=O) groups excluding carboxylic acids is 2. The summed E-state index contributed by atoms with van der Waals surface area (Å²) in [5, 5.41) is 8.96. The Bertz CT molecular complexity index is 775. The number of nitrogens with zero attached hydrogens (tertiary/aromatic N) is 2. The summed E-state index contributed by atoms with van der Waals surface area (Å²) in [6.45, 7) is 12.1. The number of hydrogen-bond donors (Lipinski definition) is 3. The Balaban J connectivity index is 1.84. The second-order valence-corrected chi connectivity index (χ2v) is 8.37. The van der Waals surface area contributed by atoms with Gasteiger partial charge in [0.25, 0.3) is 0 Å². The van der Waals surface area contributed by atoms with E-state index in [0.717, 1.165) is 25.5 Å². The minimum atomic E-state index is -0.513. The molecule has 9 heteroatoms. The zero-order valence-corrected chi connectivity index (χ0v) is 19.2. The summed E-state index contributed by atoms with van der Waals surface area (Å²) in [6, 6.07) is 7.28. The lowest BCUT2D eigenvalue weighted by Gasteiger charge is -2.23. The standard InChI is InChI=1S/C22H35N5O4/c1-6-23-20(27-12-10-18(15-27)26-21(29)31-22(3,4)5)24-11-13-30-19-9-7-8-17(14-19)25-16(2)28/h7-9,14,18H,6,10-13,15H2,1-5H3,(H,23,24)(H,25,28)(H,26,29). The van der Waals surface area contributed by atoms with Crippen molar-refractivity contribution in [1.82, 2.24) is 15.5 Å². The van der Waals surface area contributed by atoms with E-state index in [4.69, 9.17) is 9.47 Å². The van der Waals surface area contributed by atoms with Crippen LogP contribution < -0.4 is 20.7 Å². The predicted octanol–water partition coefficient (Wildman–Crippen LogP) is 2.59. The van der Waals surface area contributed by atoms with Crippen molar-refractivity contribution >= 4 is 23.6 Å². The molecule has 2 rings (SSSR count). The summed E-state index contributed by atoms with van der Waals surface area (Å²) in [6.07, 6.45) is 0.437. The van der Waals surface area contributed by atoms with Crippen LogP contribution in [-0.2, 0) is 9.53 Å². The molecule has 2 amide bonds. The number of hydrogen-bond acceptors (Lipinski definition) is 5. The molecule has 1 aliphatic heterocycles. The molecule has 1 saturated heterocycles. The van der Waals surface area contributed by atoms with Gasteiger partial charge in [-0.25, -0.2) is 9.79 Å². The molecule has 1 unspecified atom stereocenters. The van der Waals surface area contributed by atoms with Crippen molar-refractivity contribution in [3.8, 4) is 5.75 Å². The van der Waals surface area contributed by atoms with Gasteiger partial charge in [-0.1, -0.05) is 6.07 Å². The van der Waals surface area contributed by atoms with Crippen LogP contribution in [0.5, 0.6) is 5.75 Å². The van der Waals surface area contributed by atoms with E-state index in [0.29, 0.717) is 31.1 Å². The zero-order chi connectivity index (χ0) is 22.9. The van der Waals surface area contributed by atoms with Crippen molar-refractivity contribution in [3.63, 3.8) is 0 Å². The maximum atomic E-state index is 12.0. The molecule has 3 N–H and O–H groups in total. The first-order valence-corrected chi connectivity index (χ1v) is 10.7. The van der Waals surface area contributed by atoms with Gasteiger partial charge in [0.2, 0.25) is 5.91 Å². The lowest BCUT2D eigenvalue weighted by atomic mass is 10.2. The van der Waals surface area contributed by atoms with Crippen LogP contribution in [0.1, 0.15) is 41.0 Å². The summed E-state index contributed by atoms with van der Waals surface area (Å²) >= 11 is 0. The van der Waals surface area contributed by atoms with Gasteiger partial charge in [-0.15, -0.1) is 0 Å². The molecule has 1 aliphatic rings. The van der Waals surface area contributed by atoms with Crippen LogP contribution in [0.15, 0.2) is 29.3 Å². The van der Waals surface area contributed by atoms with Gasteiger partial charge >= 0.3 is 6.09 Å². The van der Waals surface area contributed by atoms with Gasteiger partial charge in [-0.2, -0.15) is 0 Å². The zero-order valence-electron chi connectivity index (χ0n) is 19.2. The highest BCUT2D eigenvalue weighted by atomic mass is 16.6. The van der Waals surface area contributed by atoms with Gasteiger partial charge in [0.15, 0.2) is 5.96 Å². The van der Waals surface area contributed by atoms with Gasteiger partial charge in [0, 0.05) is 38.3 Å². The van der Waals surface area contributed by atoms with Gasteiger partial charge < -0.3 is 30.3 Å². The smallest absolute Gasteiger partial charge is 0.407 e. The number of ether oxygens (including phenoxy) is 2. The van der Waals surface area contributed by atoms with Gasteiger partial charge in [0.05, 0.1) is 12.6 Å². The minimum absolute atomic E-state index is 0.0199. The fraction of sp³-hybridized carbons (Fsp3) is 0.591. The third-order valence-corrected chi connectivity index (χ3v) is 4.32. The van der Waals surface area contributed by atoms with Crippen LogP contribution in [0.3, 0.4) is 0 Å². The van der Waals surface area contributed by atoms with Gasteiger partial charge in [-0.05, 0) is 46.2 Å². The fourth-order valence-corrected chi connectivity index (χ4v) is 3.15. The number of guanidine groups is 1. The highest BCUT2D eigenvalue weighted by Gasteiger charge is 2.27. The third-order valence-electron chi connectivity index (χ3n) is 4.32. The summed E-state index contributed by atoms with van der Waals surface area (Å²) in [5.41, 5.74) is 0.183. The SMILES string of the molecule is CCNC(=NCCOc1cccc(NC(C)=O)c1)N1CCC(NC(=O)OC(C)(C)C)C1. The van der Waals surface area contributed by atoms with E-state index in [1.54, 1.807) is 6.07 Å². The van der Waals surface area contributed by atoms with E-state index in [9.17, 15) is 9.59 Å². The molecule has 172 valence electrons. The second-order valence-electron chi connectivity index (χ2n) is 8.37. The van der Waals surface area contributed by atoms with E-state index in [-0.39, 0.29) is 11.9 Å². The number of amides is 2. The van der Waals surface area contributed by atoms with E-state index in [2.05, 4.69) is 25.8 Å². The van der Waals surface area contributed by atoms with Crippen molar-refractivity contribution in [2.24, 2.45) is 4.99 Å². The fourth-order valence-electron chi connectivity index (χ4n) is 3.15. The molecule has 0 aliphatic carbocycles. The second kappa shape index (κ2) is 11.4. The molecule has 9 nitrogen and oxygen atoms in total. The predicted molar refractivity (Wildman–Crippen MR) is 122 cm³/mol. The first kappa shape index (κ1) is 24.3. The minimum Gasteiger partial charge on any atom is -0.492 e. The average molecular weight is 434 g/mol. The van der Waals surface area contributed by atoms with E-state index < -0.39 is 11.7 Å². The molecule has 0 radical (unpaired) electrons. The maximum absolute atomic E-state index is 12.0. The molecule has 1 heterocycles. The third kappa shape index (κ3) is 9.15. The highest BCUT2D eigenvalue weighted by molar-refractivity contribution is 5.88. The van der Waals surface area contributed by atoms with Gasteiger partial charge in [0.1, 0.15) is 18.0 Å². The molecule has 31 heavy (non-hydrogen) atoms. The molecule has 0 aromatic heterocycles. The van der Waals surface area contributed by atoms with Crippen molar-refractivity contribution in [2.45, 2.75) is 52.7 Å². The van der Waals surface area contributed by atoms with Crippen LogP contribution in [0, 0.1) is 0 Å². The van der Waals surface area contributed by atoms with Crippen molar-refractivity contribution in [1.29, 1.82) is 0 Å². The molecular formula is C22H35N5O4. The van der Waals surface area contributed by atoms with Gasteiger partial charge in [-0.3, -0.25) is 4.79 Å². The molecule has 1 atom stereocenters. The number of carbonyl (C=O) groups is 2. The first-order chi connectivity index (χ1) is 14.7. The first-order valence-electron chi connectivity index (χ1n) is 10.7. The summed E-state index contributed by atoms with van der Waals surface area (Å²) in [5.74, 6) is 1.35. The van der Waals surface area contributed by atoms with E-state index in [1.807, 2.05) is 45.9 Å². The number of nitrogens with one attached hydrogen (secondary N) is 3. The monoisotopic (exact) mass is 433 g/mol. The number of alkyl carbamates (subject to hydrolysis) is 1. The van der Waals surface area contributed by atoms with Crippen molar-refractivity contribution in [2.75, 3.05) is 38.1 Å². The summed E-state index contributed by atoms with van der Waals surface area (Å²) < 4.78 is 11.1. The topological polar surface area (TPSA) is 104 Å². The summed E-state index contributed by atoms with van der Waals surface area (Å²) in [7, 11) is 0. The number of likely N-dealkylation sites (tertiary alicyclic amines) is 1. The van der Waals surface area contributed by atoms with Crippen LogP contribution >= 0.6 is 0 Å². The van der Waals surface area contributed by atoms with Crippen LogP contribution in [0.25, 0.3) is 0 Å².